The van der Waals surface area contributed by atoms with E-state index in [1.807, 2.05) is 0 Å². The van der Waals surface area contributed by atoms with E-state index in [0.717, 1.165) is 12.5 Å². The van der Waals surface area contributed by atoms with E-state index in [9.17, 15) is 5.11 Å². The van der Waals surface area contributed by atoms with Gasteiger partial charge in [-0.2, -0.15) is 0 Å². The van der Waals surface area contributed by atoms with Crippen molar-refractivity contribution in [1.82, 2.24) is 0 Å². The maximum absolute atomic E-state index is 9.47. The Bertz CT molecular complexity index is 889. The largest absolute Gasteiger partial charge is 0.397 e. The van der Waals surface area contributed by atoms with Crippen molar-refractivity contribution >= 4 is 13.6 Å². The molecule has 0 amide bonds. The van der Waals surface area contributed by atoms with Crippen LogP contribution in [-0.4, -0.2) is 19.8 Å². The van der Waals surface area contributed by atoms with Crippen LogP contribution in [0.25, 0.3) is 16.7 Å². The van der Waals surface area contributed by atoms with Crippen molar-refractivity contribution in [3.8, 4) is 11.1 Å². The Morgan fingerprint density at radius 3 is 2.60 bits per heavy atom. The van der Waals surface area contributed by atoms with E-state index >= 15 is 0 Å². The molecular formula is C23H26OSi. The normalized spacial score (nSPS) is 18.6. The summed E-state index contributed by atoms with van der Waals surface area (Å²) >= 11 is 0. The zero-order valence-corrected chi connectivity index (χ0v) is 16.3. The molecule has 1 unspecified atom stereocenters. The molecule has 2 aliphatic rings. The quantitative estimate of drug-likeness (QED) is 0.697. The Hall–Kier alpha value is -1.90. The van der Waals surface area contributed by atoms with Crippen LogP contribution in [-0.2, 0) is 0 Å². The van der Waals surface area contributed by atoms with Crippen molar-refractivity contribution in [3.63, 3.8) is 0 Å². The summed E-state index contributed by atoms with van der Waals surface area (Å²) in [6.45, 7) is 7.36. The number of rotatable bonds is 4. The van der Waals surface area contributed by atoms with Gasteiger partial charge >= 0.3 is 0 Å². The third kappa shape index (κ3) is 2.64. The molecule has 0 aliphatic heterocycles. The average Bonchev–Trinajstić information content (AvgIpc) is 3.20. The number of hydrogen-bond acceptors (Lipinski definition) is 1. The number of aliphatic hydroxyl groups is 1. The molecule has 2 aliphatic carbocycles. The first-order chi connectivity index (χ1) is 12.0. The van der Waals surface area contributed by atoms with Crippen LogP contribution in [0.3, 0.4) is 0 Å². The van der Waals surface area contributed by atoms with Crippen LogP contribution < -0.4 is 0 Å². The van der Waals surface area contributed by atoms with Gasteiger partial charge in [0, 0.05) is 12.5 Å². The van der Waals surface area contributed by atoms with Crippen LogP contribution in [0.15, 0.2) is 59.8 Å². The lowest BCUT2D eigenvalue weighted by Gasteiger charge is -2.24. The highest BCUT2D eigenvalue weighted by molar-refractivity contribution is 6.86. The van der Waals surface area contributed by atoms with Gasteiger partial charge in [0.25, 0.3) is 0 Å². The van der Waals surface area contributed by atoms with Gasteiger partial charge in [-0.1, -0.05) is 79.8 Å². The van der Waals surface area contributed by atoms with Crippen LogP contribution in [0.2, 0.25) is 19.1 Å². The smallest absolute Gasteiger partial charge is 0.0832 e. The Balaban J connectivity index is 1.79. The van der Waals surface area contributed by atoms with Gasteiger partial charge in [0.05, 0.1) is 8.07 Å². The van der Waals surface area contributed by atoms with Crippen molar-refractivity contribution < 1.29 is 5.11 Å². The van der Waals surface area contributed by atoms with E-state index in [4.69, 9.17) is 0 Å². The lowest BCUT2D eigenvalue weighted by Crippen LogP contribution is -2.29. The topological polar surface area (TPSA) is 20.2 Å². The van der Waals surface area contributed by atoms with Crippen molar-refractivity contribution in [2.45, 2.75) is 38.4 Å². The second-order valence-corrected chi connectivity index (χ2v) is 12.8. The summed E-state index contributed by atoms with van der Waals surface area (Å²) in [5.74, 6) is 0.465. The molecule has 1 nitrogen and oxygen atoms in total. The van der Waals surface area contributed by atoms with Crippen LogP contribution in [0.1, 0.15) is 36.0 Å². The number of fused-ring (bicyclic) bond motifs is 3. The van der Waals surface area contributed by atoms with E-state index in [-0.39, 0.29) is 0 Å². The number of aliphatic hydroxyl groups excluding tert-OH is 1. The first-order valence-electron chi connectivity index (χ1n) is 9.27. The minimum atomic E-state index is -1.58. The van der Waals surface area contributed by atoms with Gasteiger partial charge in [0.1, 0.15) is 0 Å². The molecule has 1 atom stereocenters. The van der Waals surface area contributed by atoms with Crippen molar-refractivity contribution in [2.24, 2.45) is 0 Å². The van der Waals surface area contributed by atoms with Crippen LogP contribution in [0.4, 0.5) is 0 Å². The monoisotopic (exact) mass is 346 g/mol. The fourth-order valence-corrected chi connectivity index (χ4v) is 6.93. The zero-order chi connectivity index (χ0) is 17.6. The highest BCUT2D eigenvalue weighted by Crippen LogP contribution is 2.46. The summed E-state index contributed by atoms with van der Waals surface area (Å²) < 4.78 is 0. The molecule has 0 saturated heterocycles. The average molecular weight is 347 g/mol. The molecule has 2 aromatic rings. The maximum Gasteiger partial charge on any atom is 0.0832 e. The van der Waals surface area contributed by atoms with Crippen molar-refractivity contribution in [1.29, 1.82) is 0 Å². The SMILES string of the molecule is CC1c2ccccc2-c2ccc(C3=C([Si](C)(C)CCO)C=CC3)cc21. The molecule has 0 radical (unpaired) electrons. The summed E-state index contributed by atoms with van der Waals surface area (Å²) in [6.07, 6.45) is 5.64. The molecular weight excluding hydrogens is 320 g/mol. The van der Waals surface area contributed by atoms with Gasteiger partial charge in [-0.05, 0) is 45.9 Å². The van der Waals surface area contributed by atoms with Gasteiger partial charge in [-0.15, -0.1) is 0 Å². The molecule has 0 fully saturated rings. The van der Waals surface area contributed by atoms with E-state index in [1.54, 1.807) is 0 Å². The first-order valence-corrected chi connectivity index (χ1v) is 12.5. The molecule has 0 heterocycles. The third-order valence-corrected chi connectivity index (χ3v) is 9.38. The maximum atomic E-state index is 9.47. The molecule has 2 heteroatoms. The summed E-state index contributed by atoms with van der Waals surface area (Å²) in [5.41, 5.74) is 8.55. The van der Waals surface area contributed by atoms with Crippen LogP contribution in [0, 0.1) is 0 Å². The van der Waals surface area contributed by atoms with Crippen LogP contribution in [0.5, 0.6) is 0 Å². The minimum absolute atomic E-state index is 0.292. The van der Waals surface area contributed by atoms with Crippen molar-refractivity contribution in [2.75, 3.05) is 6.61 Å². The zero-order valence-electron chi connectivity index (χ0n) is 15.3. The van der Waals surface area contributed by atoms with E-state index in [1.165, 1.54) is 38.6 Å². The minimum Gasteiger partial charge on any atom is -0.397 e. The molecule has 0 spiro atoms. The molecule has 25 heavy (non-hydrogen) atoms. The lowest BCUT2D eigenvalue weighted by molar-refractivity contribution is 0.316. The standard InChI is InChI=1S/C23H26OSi/c1-16-18-7-4-5-8-20(18)21-12-11-17(15-22(16)21)19-9-6-10-23(19)25(2,3)14-13-24/h4-8,10-12,15-16,24H,9,13-14H2,1-3H3. The highest BCUT2D eigenvalue weighted by atomic mass is 28.3. The summed E-state index contributed by atoms with van der Waals surface area (Å²) in [5, 5.41) is 11.0. The van der Waals surface area contributed by atoms with E-state index in [2.05, 4.69) is 74.6 Å². The molecule has 1 N–H and O–H groups in total. The molecule has 128 valence electrons. The number of benzene rings is 2. The molecule has 4 rings (SSSR count). The Kier molecular flexibility index (Phi) is 4.05. The summed E-state index contributed by atoms with van der Waals surface area (Å²) in [4.78, 5) is 0. The van der Waals surface area contributed by atoms with Gasteiger partial charge in [-0.3, -0.25) is 0 Å². The van der Waals surface area contributed by atoms with Gasteiger partial charge in [-0.25, -0.2) is 0 Å². The Morgan fingerprint density at radius 1 is 1.04 bits per heavy atom. The number of hydrogen-bond donors (Lipinski definition) is 1. The Morgan fingerprint density at radius 2 is 1.80 bits per heavy atom. The fraction of sp³-hybridized carbons (Fsp3) is 0.304. The lowest BCUT2D eigenvalue weighted by atomic mass is 9.95. The highest BCUT2D eigenvalue weighted by Gasteiger charge is 2.30. The van der Waals surface area contributed by atoms with Crippen LogP contribution >= 0.6 is 0 Å². The molecule has 2 aromatic carbocycles. The molecule has 0 aromatic heterocycles. The predicted octanol–water partition coefficient (Wildman–Crippen LogP) is 5.77. The van der Waals surface area contributed by atoms with Gasteiger partial charge in [0.2, 0.25) is 0 Å². The Labute approximate surface area is 151 Å². The second-order valence-electron chi connectivity index (χ2n) is 7.97. The first kappa shape index (κ1) is 16.6. The number of allylic oxidation sites excluding steroid dienone is 4. The fourth-order valence-electron chi connectivity index (χ4n) is 4.47. The van der Waals surface area contributed by atoms with E-state index < -0.39 is 8.07 Å². The molecule has 0 saturated carbocycles. The summed E-state index contributed by atoms with van der Waals surface area (Å²) in [7, 11) is -1.58. The van der Waals surface area contributed by atoms with E-state index in [0.29, 0.717) is 12.5 Å². The molecule has 0 bridgehead atoms. The van der Waals surface area contributed by atoms with Crippen molar-refractivity contribution in [3.05, 3.63) is 76.5 Å². The predicted molar refractivity (Wildman–Crippen MR) is 109 cm³/mol. The summed E-state index contributed by atoms with van der Waals surface area (Å²) in [6, 6.07) is 16.8. The second kappa shape index (κ2) is 6.12. The van der Waals surface area contributed by atoms with Gasteiger partial charge in [0.15, 0.2) is 0 Å². The third-order valence-electron chi connectivity index (χ3n) is 5.98. The van der Waals surface area contributed by atoms with Gasteiger partial charge < -0.3 is 5.11 Å².